The third-order valence-electron chi connectivity index (χ3n) is 3.93. The van der Waals surface area contributed by atoms with E-state index in [2.05, 4.69) is 27.6 Å². The van der Waals surface area contributed by atoms with Crippen molar-refractivity contribution in [3.63, 3.8) is 0 Å². The Hall–Kier alpha value is -2.21. The molecule has 1 aromatic carbocycles. The molecule has 6 nitrogen and oxygen atoms in total. The molecule has 0 aromatic heterocycles. The maximum absolute atomic E-state index is 12.1. The average molecular weight is 345 g/mol. The number of aromatic hydroxyl groups is 1. The molecule has 1 saturated heterocycles. The largest absolute Gasteiger partial charge is 0.504 e. The SMILES string of the molecule is COc1cc(C=C=C2SC(N3CCN(C)CC3)=NC2=O)ccc1O. The van der Waals surface area contributed by atoms with Crippen LogP contribution in [-0.2, 0) is 4.79 Å². The summed E-state index contributed by atoms with van der Waals surface area (Å²) in [6, 6.07) is 4.97. The number of thioether (sulfide) groups is 1. The number of rotatable bonds is 2. The van der Waals surface area contributed by atoms with Gasteiger partial charge in [0.05, 0.1) is 7.11 Å². The van der Waals surface area contributed by atoms with Crippen LogP contribution < -0.4 is 4.74 Å². The van der Waals surface area contributed by atoms with Crippen LogP contribution in [0.5, 0.6) is 11.5 Å². The van der Waals surface area contributed by atoms with Crippen molar-refractivity contribution in [3.05, 3.63) is 34.4 Å². The fraction of sp³-hybridized carbons (Fsp3) is 0.353. The van der Waals surface area contributed by atoms with E-state index in [0.29, 0.717) is 10.7 Å². The molecule has 0 unspecified atom stereocenters. The topological polar surface area (TPSA) is 65.4 Å². The number of ether oxygens (including phenoxy) is 1. The van der Waals surface area contributed by atoms with Gasteiger partial charge in [0.15, 0.2) is 16.7 Å². The van der Waals surface area contributed by atoms with Crippen LogP contribution in [0.15, 0.2) is 33.8 Å². The summed E-state index contributed by atoms with van der Waals surface area (Å²) in [5.41, 5.74) is 3.80. The predicted molar refractivity (Wildman–Crippen MR) is 95.3 cm³/mol. The summed E-state index contributed by atoms with van der Waals surface area (Å²) >= 11 is 1.36. The number of hydrogen-bond donors (Lipinski definition) is 1. The second kappa shape index (κ2) is 7.13. The number of amides is 1. The Bertz CT molecular complexity index is 745. The summed E-state index contributed by atoms with van der Waals surface area (Å²) in [7, 11) is 3.58. The monoisotopic (exact) mass is 345 g/mol. The summed E-state index contributed by atoms with van der Waals surface area (Å²) in [6.07, 6.45) is 1.70. The van der Waals surface area contributed by atoms with Gasteiger partial charge < -0.3 is 19.6 Å². The van der Waals surface area contributed by atoms with E-state index in [0.717, 1.165) is 36.9 Å². The number of phenols is 1. The number of amidine groups is 1. The minimum atomic E-state index is -0.254. The lowest BCUT2D eigenvalue weighted by molar-refractivity contribution is -0.113. The number of benzene rings is 1. The first-order valence-electron chi connectivity index (χ1n) is 7.65. The average Bonchev–Trinajstić information content (AvgIpc) is 2.95. The lowest BCUT2D eigenvalue weighted by atomic mass is 10.2. The first kappa shape index (κ1) is 16.6. The minimum absolute atomic E-state index is 0.0781. The van der Waals surface area contributed by atoms with Gasteiger partial charge in [0, 0.05) is 26.2 Å². The second-order valence-corrected chi connectivity index (χ2v) is 6.62. The van der Waals surface area contributed by atoms with E-state index in [4.69, 9.17) is 4.74 Å². The number of piperazine rings is 1. The first-order valence-corrected chi connectivity index (χ1v) is 8.46. The van der Waals surface area contributed by atoms with Gasteiger partial charge in [0.2, 0.25) is 0 Å². The molecule has 0 radical (unpaired) electrons. The fourth-order valence-electron chi connectivity index (χ4n) is 2.45. The molecule has 0 bridgehead atoms. The van der Waals surface area contributed by atoms with Gasteiger partial charge in [-0.15, -0.1) is 0 Å². The fourth-order valence-corrected chi connectivity index (χ4v) is 3.33. The standard InChI is InChI=1S/C17H19N3O3S/c1-19-7-9-20(10-8-19)17-18-16(22)15(24-17)6-4-12-3-5-13(21)14(11-12)23-2/h3-5,11,21H,7-10H2,1-2H3. The molecule has 0 atom stereocenters. The molecule has 0 saturated carbocycles. The highest BCUT2D eigenvalue weighted by atomic mass is 32.2. The van der Waals surface area contributed by atoms with Crippen LogP contribution in [0.25, 0.3) is 6.08 Å². The number of phenolic OH excluding ortho intramolecular Hbond substituents is 1. The van der Waals surface area contributed by atoms with E-state index in [9.17, 15) is 9.90 Å². The molecule has 1 aromatic rings. The van der Waals surface area contributed by atoms with Crippen molar-refractivity contribution in [2.24, 2.45) is 4.99 Å². The number of nitrogens with zero attached hydrogens (tertiary/aromatic N) is 3. The summed E-state index contributed by atoms with van der Waals surface area (Å²) in [6.45, 7) is 3.69. The normalized spacial score (nSPS) is 18.4. The van der Waals surface area contributed by atoms with Gasteiger partial charge in [0.1, 0.15) is 4.91 Å². The van der Waals surface area contributed by atoms with Crippen molar-refractivity contribution in [1.29, 1.82) is 0 Å². The smallest absolute Gasteiger partial charge is 0.294 e. The van der Waals surface area contributed by atoms with Crippen molar-refractivity contribution < 1.29 is 14.6 Å². The second-order valence-electron chi connectivity index (χ2n) is 5.64. The van der Waals surface area contributed by atoms with Crippen LogP contribution in [0.4, 0.5) is 0 Å². The van der Waals surface area contributed by atoms with Crippen LogP contribution in [0.2, 0.25) is 0 Å². The lowest BCUT2D eigenvalue weighted by Gasteiger charge is -2.32. The van der Waals surface area contributed by atoms with Crippen molar-refractivity contribution in [3.8, 4) is 11.5 Å². The van der Waals surface area contributed by atoms with Gasteiger partial charge in [-0.05, 0) is 42.6 Å². The number of carbonyl (C=O) groups excluding carboxylic acids is 1. The molecular weight excluding hydrogens is 326 g/mol. The molecule has 7 heteroatoms. The van der Waals surface area contributed by atoms with Gasteiger partial charge in [-0.2, -0.15) is 4.99 Å². The molecule has 1 fully saturated rings. The summed E-state index contributed by atoms with van der Waals surface area (Å²) in [5, 5.41) is 10.4. The highest BCUT2D eigenvalue weighted by Gasteiger charge is 2.27. The Balaban J connectivity index is 1.74. The van der Waals surface area contributed by atoms with E-state index < -0.39 is 0 Å². The Morgan fingerprint density at radius 1 is 1.33 bits per heavy atom. The maximum atomic E-state index is 12.1. The maximum Gasteiger partial charge on any atom is 0.294 e. The zero-order chi connectivity index (χ0) is 17.1. The highest BCUT2D eigenvalue weighted by Crippen LogP contribution is 2.29. The van der Waals surface area contributed by atoms with Crippen molar-refractivity contribution >= 4 is 28.9 Å². The van der Waals surface area contributed by atoms with Crippen LogP contribution in [0.3, 0.4) is 0 Å². The third-order valence-corrected chi connectivity index (χ3v) is 4.96. The Kier molecular flexibility index (Phi) is 4.94. The Morgan fingerprint density at radius 3 is 2.79 bits per heavy atom. The minimum Gasteiger partial charge on any atom is -0.504 e. The van der Waals surface area contributed by atoms with Crippen LogP contribution in [0.1, 0.15) is 5.56 Å². The van der Waals surface area contributed by atoms with Gasteiger partial charge in [-0.3, -0.25) is 4.79 Å². The summed E-state index contributed by atoms with van der Waals surface area (Å²) < 4.78 is 5.07. The lowest BCUT2D eigenvalue weighted by Crippen LogP contribution is -2.46. The molecule has 24 heavy (non-hydrogen) atoms. The van der Waals surface area contributed by atoms with E-state index in [1.165, 1.54) is 18.9 Å². The number of aliphatic imine (C=N–C) groups is 1. The van der Waals surface area contributed by atoms with Crippen LogP contribution >= 0.6 is 11.8 Å². The summed E-state index contributed by atoms with van der Waals surface area (Å²) in [4.78, 5) is 21.1. The molecule has 0 spiro atoms. The Morgan fingerprint density at radius 2 is 2.08 bits per heavy atom. The number of carbonyl (C=O) groups is 1. The van der Waals surface area contributed by atoms with Gasteiger partial charge in [-0.1, -0.05) is 11.8 Å². The predicted octanol–water partition coefficient (Wildman–Crippen LogP) is 1.77. The molecule has 2 aliphatic heterocycles. The number of hydrogen-bond acceptors (Lipinski definition) is 6. The van der Waals surface area contributed by atoms with E-state index >= 15 is 0 Å². The van der Waals surface area contributed by atoms with E-state index in [-0.39, 0.29) is 11.7 Å². The van der Waals surface area contributed by atoms with Crippen molar-refractivity contribution in [1.82, 2.24) is 9.80 Å². The molecule has 1 amide bonds. The zero-order valence-corrected chi connectivity index (χ0v) is 14.5. The van der Waals surface area contributed by atoms with Gasteiger partial charge in [-0.25, -0.2) is 0 Å². The third kappa shape index (κ3) is 3.64. The van der Waals surface area contributed by atoms with Crippen LogP contribution in [0, 0.1) is 0 Å². The van der Waals surface area contributed by atoms with Crippen molar-refractivity contribution in [2.45, 2.75) is 0 Å². The molecule has 2 heterocycles. The first-order chi connectivity index (χ1) is 11.6. The Labute approximate surface area is 145 Å². The number of likely N-dealkylation sites (N-methyl/N-ethyl adjacent to an activating group) is 1. The van der Waals surface area contributed by atoms with E-state index in [1.807, 2.05) is 0 Å². The zero-order valence-electron chi connectivity index (χ0n) is 13.7. The highest BCUT2D eigenvalue weighted by molar-refractivity contribution is 8.18. The molecular formula is C17H19N3O3S. The molecule has 126 valence electrons. The van der Waals surface area contributed by atoms with Crippen LogP contribution in [-0.4, -0.2) is 66.3 Å². The van der Waals surface area contributed by atoms with E-state index in [1.54, 1.807) is 24.3 Å². The molecule has 2 aliphatic rings. The summed E-state index contributed by atoms with van der Waals surface area (Å²) in [5.74, 6) is 0.209. The van der Waals surface area contributed by atoms with Gasteiger partial charge >= 0.3 is 0 Å². The molecule has 3 rings (SSSR count). The number of methoxy groups -OCH3 is 1. The van der Waals surface area contributed by atoms with Gasteiger partial charge in [0.25, 0.3) is 5.91 Å². The van der Waals surface area contributed by atoms with Crippen molar-refractivity contribution in [2.75, 3.05) is 40.3 Å². The molecule has 1 N–H and O–H groups in total. The quantitative estimate of drug-likeness (QED) is 0.651. The molecule has 0 aliphatic carbocycles.